The molecule has 0 spiro atoms. The molecule has 0 saturated carbocycles. The minimum atomic E-state index is -4.42. The van der Waals surface area contributed by atoms with Gasteiger partial charge in [-0.1, -0.05) is 18.2 Å². The molecule has 1 amide bonds. The Kier molecular flexibility index (Phi) is 5.27. The lowest BCUT2D eigenvalue weighted by Gasteiger charge is -2.38. The fraction of sp³-hybridized carbons (Fsp3) is 0.435. The van der Waals surface area contributed by atoms with E-state index in [1.807, 2.05) is 6.07 Å². The van der Waals surface area contributed by atoms with E-state index in [0.29, 0.717) is 36.3 Å². The first kappa shape index (κ1) is 20.8. The Bertz CT molecular complexity index is 1120. The summed E-state index contributed by atoms with van der Waals surface area (Å²) in [5.41, 5.74) is 1.08. The number of hydrogen-bond donors (Lipinski definition) is 0. The van der Waals surface area contributed by atoms with Gasteiger partial charge in [-0.2, -0.15) is 22.8 Å². The largest absolute Gasteiger partial charge is 0.416 e. The van der Waals surface area contributed by atoms with Gasteiger partial charge in [0.2, 0.25) is 6.41 Å². The molecule has 2 unspecified atom stereocenters. The first-order valence-corrected chi connectivity index (χ1v) is 10.9. The number of hydrogen-bond acceptors (Lipinski definition) is 4. The highest BCUT2D eigenvalue weighted by Gasteiger charge is 2.39. The quantitative estimate of drug-likeness (QED) is 0.560. The van der Waals surface area contributed by atoms with Crippen molar-refractivity contribution in [2.45, 2.75) is 43.8 Å². The number of anilines is 1. The van der Waals surface area contributed by atoms with Gasteiger partial charge in [-0.25, -0.2) is 4.98 Å². The van der Waals surface area contributed by atoms with Crippen molar-refractivity contribution in [3.63, 3.8) is 0 Å². The van der Waals surface area contributed by atoms with E-state index in [1.165, 1.54) is 6.07 Å². The molecule has 6 nitrogen and oxygen atoms in total. The highest BCUT2D eigenvalue weighted by molar-refractivity contribution is 5.59. The predicted octanol–water partition coefficient (Wildman–Crippen LogP) is 4.43. The van der Waals surface area contributed by atoms with Gasteiger partial charge in [0, 0.05) is 25.8 Å². The first-order valence-electron chi connectivity index (χ1n) is 10.9. The molecule has 2 aromatic heterocycles. The monoisotopic (exact) mass is 443 g/mol. The molecular formula is C23H24F3N5O. The van der Waals surface area contributed by atoms with Crippen LogP contribution in [0.3, 0.4) is 0 Å². The Morgan fingerprint density at radius 3 is 2.56 bits per heavy atom. The van der Waals surface area contributed by atoms with E-state index in [0.717, 1.165) is 44.2 Å². The molecule has 32 heavy (non-hydrogen) atoms. The molecule has 2 aliphatic rings. The molecule has 0 aliphatic carbocycles. The lowest BCUT2D eigenvalue weighted by Crippen LogP contribution is -2.37. The minimum absolute atomic E-state index is 0.292. The van der Waals surface area contributed by atoms with E-state index < -0.39 is 17.8 Å². The van der Waals surface area contributed by atoms with Gasteiger partial charge in [-0.05, 0) is 55.4 Å². The van der Waals surface area contributed by atoms with Crippen LogP contribution in [0.2, 0.25) is 0 Å². The van der Waals surface area contributed by atoms with Crippen LogP contribution in [0.5, 0.6) is 0 Å². The van der Waals surface area contributed by atoms with Gasteiger partial charge in [-0.3, -0.25) is 4.79 Å². The van der Waals surface area contributed by atoms with E-state index in [2.05, 4.69) is 10.00 Å². The summed E-state index contributed by atoms with van der Waals surface area (Å²) in [6.45, 7) is 2.11. The van der Waals surface area contributed by atoms with Crippen LogP contribution < -0.4 is 4.90 Å². The molecule has 168 valence electrons. The maximum Gasteiger partial charge on any atom is 0.416 e. The van der Waals surface area contributed by atoms with Gasteiger partial charge in [0.05, 0.1) is 11.6 Å². The summed E-state index contributed by atoms with van der Waals surface area (Å²) in [6.07, 6.45) is 1.05. The zero-order valence-corrected chi connectivity index (χ0v) is 17.5. The molecule has 1 aromatic carbocycles. The van der Waals surface area contributed by atoms with Gasteiger partial charge >= 0.3 is 6.18 Å². The van der Waals surface area contributed by atoms with Gasteiger partial charge in [0.15, 0.2) is 11.5 Å². The third-order valence-corrected chi connectivity index (χ3v) is 6.60. The molecule has 9 heteroatoms. The van der Waals surface area contributed by atoms with Crippen molar-refractivity contribution in [2.75, 3.05) is 24.5 Å². The van der Waals surface area contributed by atoms with Gasteiger partial charge in [-0.15, -0.1) is 0 Å². The lowest BCUT2D eigenvalue weighted by atomic mass is 9.82. The van der Waals surface area contributed by atoms with Gasteiger partial charge in [0.1, 0.15) is 5.69 Å². The summed E-state index contributed by atoms with van der Waals surface area (Å²) in [4.78, 5) is 20.7. The normalized spacial score (nSPS) is 22.0. The number of aromatic nitrogens is 3. The molecule has 2 fully saturated rings. The number of piperidine rings is 1. The van der Waals surface area contributed by atoms with Crippen LogP contribution in [-0.4, -0.2) is 45.5 Å². The number of imidazole rings is 1. The Morgan fingerprint density at radius 1 is 1.03 bits per heavy atom. The molecule has 3 aromatic rings. The molecule has 2 saturated heterocycles. The third-order valence-electron chi connectivity index (χ3n) is 6.60. The van der Waals surface area contributed by atoms with Crippen molar-refractivity contribution in [1.29, 1.82) is 0 Å². The Balaban J connectivity index is 1.58. The summed E-state index contributed by atoms with van der Waals surface area (Å²) >= 11 is 0. The fourth-order valence-electron chi connectivity index (χ4n) is 5.11. The van der Waals surface area contributed by atoms with Crippen molar-refractivity contribution in [3.05, 3.63) is 59.4 Å². The second-order valence-corrected chi connectivity index (χ2v) is 8.47. The molecule has 0 bridgehead atoms. The molecular weight excluding hydrogens is 419 g/mol. The number of amides is 1. The number of fused-ring (bicyclic) bond motifs is 1. The molecule has 4 heterocycles. The smallest absolute Gasteiger partial charge is 0.355 e. The number of carbonyl (C=O) groups excluding carboxylic acids is 1. The van der Waals surface area contributed by atoms with Crippen LogP contribution >= 0.6 is 0 Å². The zero-order valence-electron chi connectivity index (χ0n) is 17.5. The summed E-state index contributed by atoms with van der Waals surface area (Å²) in [5, 5.41) is 4.47. The number of carbonyl (C=O) groups is 1. The highest BCUT2D eigenvalue weighted by Crippen LogP contribution is 2.45. The van der Waals surface area contributed by atoms with Crippen LogP contribution in [0.25, 0.3) is 5.65 Å². The van der Waals surface area contributed by atoms with Crippen LogP contribution in [0.1, 0.15) is 54.5 Å². The van der Waals surface area contributed by atoms with Crippen LogP contribution in [-0.2, 0) is 11.0 Å². The fourth-order valence-corrected chi connectivity index (χ4v) is 5.11. The van der Waals surface area contributed by atoms with E-state index in [4.69, 9.17) is 4.98 Å². The molecule has 5 rings (SSSR count). The third kappa shape index (κ3) is 3.59. The number of benzene rings is 1. The summed E-state index contributed by atoms with van der Waals surface area (Å²) in [5.74, 6) is 0.526. The molecule has 0 N–H and O–H groups in total. The predicted molar refractivity (Wildman–Crippen MR) is 113 cm³/mol. The Morgan fingerprint density at radius 2 is 1.81 bits per heavy atom. The van der Waals surface area contributed by atoms with E-state index in [1.54, 1.807) is 33.8 Å². The zero-order chi connectivity index (χ0) is 22.3. The van der Waals surface area contributed by atoms with Gasteiger partial charge in [0.25, 0.3) is 0 Å². The molecule has 0 radical (unpaired) electrons. The average molecular weight is 443 g/mol. The topological polar surface area (TPSA) is 53.7 Å². The number of nitrogens with zero attached hydrogens (tertiary/aromatic N) is 5. The van der Waals surface area contributed by atoms with Crippen molar-refractivity contribution in [2.24, 2.45) is 0 Å². The number of alkyl halides is 3. The van der Waals surface area contributed by atoms with Crippen LogP contribution in [0.4, 0.5) is 19.0 Å². The summed E-state index contributed by atoms with van der Waals surface area (Å²) in [7, 11) is 0. The molecule has 2 aliphatic heterocycles. The van der Waals surface area contributed by atoms with Crippen LogP contribution in [0, 0.1) is 0 Å². The lowest BCUT2D eigenvalue weighted by molar-refractivity contribution is -0.138. The number of likely N-dealkylation sites (tertiary alicyclic amines) is 1. The van der Waals surface area contributed by atoms with E-state index in [9.17, 15) is 18.0 Å². The van der Waals surface area contributed by atoms with Crippen molar-refractivity contribution < 1.29 is 18.0 Å². The van der Waals surface area contributed by atoms with E-state index >= 15 is 0 Å². The summed E-state index contributed by atoms with van der Waals surface area (Å²) in [6, 6.07) is 9.03. The Hall–Kier alpha value is -3.10. The maximum absolute atomic E-state index is 13.7. The minimum Gasteiger partial charge on any atom is -0.355 e. The van der Waals surface area contributed by atoms with Crippen molar-refractivity contribution in [1.82, 2.24) is 19.5 Å². The Labute approximate surface area is 183 Å². The van der Waals surface area contributed by atoms with Crippen LogP contribution in [0.15, 0.2) is 42.6 Å². The maximum atomic E-state index is 13.7. The average Bonchev–Trinajstić information content (AvgIpc) is 3.45. The standard InChI is InChI=1S/C23H24F3N5O/c24-23(25,26)18-7-2-1-6-17(18)16-9-13-30(15-32)19(14-16)21-22(29-11-3-4-12-29)31-20(28-21)8-5-10-27-31/h1-2,5-8,10,15-16,19H,3-4,9,11-14H2. The van der Waals surface area contributed by atoms with Gasteiger partial charge < -0.3 is 9.80 Å². The second kappa shape index (κ2) is 8.11. The molecule has 2 atom stereocenters. The highest BCUT2D eigenvalue weighted by atomic mass is 19.4. The number of rotatable bonds is 4. The van der Waals surface area contributed by atoms with Crippen molar-refractivity contribution in [3.8, 4) is 0 Å². The van der Waals surface area contributed by atoms with Crippen molar-refractivity contribution >= 4 is 17.9 Å². The summed E-state index contributed by atoms with van der Waals surface area (Å²) < 4.78 is 42.8. The SMILES string of the molecule is O=CN1CCC(c2ccccc2C(F)(F)F)CC1c1nc2cccnn2c1N1CCCC1. The van der Waals surface area contributed by atoms with E-state index in [-0.39, 0.29) is 5.92 Å². The second-order valence-electron chi connectivity index (χ2n) is 8.47. The first-order chi connectivity index (χ1) is 15.5. The number of halogens is 3.